The number of benzene rings is 2. The predicted octanol–water partition coefficient (Wildman–Crippen LogP) is 6.74. The molecule has 0 aliphatic heterocycles. The van der Waals surface area contributed by atoms with Crippen LogP contribution in [0.25, 0.3) is 10.4 Å². The molecule has 3 aromatic rings. The zero-order valence-electron chi connectivity index (χ0n) is 18.8. The molecule has 0 saturated heterocycles. The standard InChI is InChI=1S/C27H29NO3S/c1-27(2,3)21-14-12-18(13-15-21)17-28(25(29)20-10-7-11-20)22-16-23(32-24(22)26(30)31)19-8-5-4-6-9-19/h4-6,8-9,12-16,20H,7,10-11,17H2,1-3H3,(H,30,31). The molecule has 2 aromatic carbocycles. The lowest BCUT2D eigenvalue weighted by molar-refractivity contribution is -0.124. The second-order valence-corrected chi connectivity index (χ2v) is 10.5. The molecular weight excluding hydrogens is 418 g/mol. The van der Waals surface area contributed by atoms with Crippen LogP contribution in [0.1, 0.15) is 60.8 Å². The van der Waals surface area contributed by atoms with Crippen LogP contribution in [0.4, 0.5) is 5.69 Å². The van der Waals surface area contributed by atoms with E-state index in [1.165, 1.54) is 16.9 Å². The number of aromatic carboxylic acids is 1. The Balaban J connectivity index is 1.73. The van der Waals surface area contributed by atoms with Gasteiger partial charge in [0, 0.05) is 10.8 Å². The number of carboxylic acids is 1. The number of carbonyl (C=O) groups excluding carboxylic acids is 1. The summed E-state index contributed by atoms with van der Waals surface area (Å²) < 4.78 is 0. The van der Waals surface area contributed by atoms with E-state index in [1.54, 1.807) is 4.90 Å². The minimum Gasteiger partial charge on any atom is -0.477 e. The molecule has 0 atom stereocenters. The predicted molar refractivity (Wildman–Crippen MR) is 130 cm³/mol. The number of carboxylic acid groups (broad SMARTS) is 1. The third-order valence-electron chi connectivity index (χ3n) is 6.14. The molecule has 1 aromatic heterocycles. The van der Waals surface area contributed by atoms with Crippen LogP contribution >= 0.6 is 11.3 Å². The van der Waals surface area contributed by atoms with Crippen LogP contribution in [0.15, 0.2) is 60.7 Å². The number of thiophene rings is 1. The second kappa shape index (κ2) is 8.91. The quantitative estimate of drug-likeness (QED) is 0.455. The van der Waals surface area contributed by atoms with Crippen molar-refractivity contribution in [2.75, 3.05) is 4.90 Å². The van der Waals surface area contributed by atoms with Crippen LogP contribution in [0.5, 0.6) is 0 Å². The van der Waals surface area contributed by atoms with E-state index in [4.69, 9.17) is 0 Å². The van der Waals surface area contributed by atoms with Gasteiger partial charge in [-0.2, -0.15) is 0 Å². The Morgan fingerprint density at radius 3 is 2.22 bits per heavy atom. The van der Waals surface area contributed by atoms with Gasteiger partial charge in [-0.15, -0.1) is 11.3 Å². The molecule has 1 heterocycles. The molecule has 0 radical (unpaired) electrons. The van der Waals surface area contributed by atoms with Gasteiger partial charge < -0.3 is 10.0 Å². The van der Waals surface area contributed by atoms with E-state index in [9.17, 15) is 14.7 Å². The second-order valence-electron chi connectivity index (χ2n) is 9.50. The van der Waals surface area contributed by atoms with Gasteiger partial charge in [0.15, 0.2) is 0 Å². The maximum absolute atomic E-state index is 13.4. The van der Waals surface area contributed by atoms with Gasteiger partial charge in [-0.05, 0) is 41.0 Å². The lowest BCUT2D eigenvalue weighted by atomic mass is 9.84. The Morgan fingerprint density at radius 1 is 1.03 bits per heavy atom. The molecule has 0 unspecified atom stereocenters. The van der Waals surface area contributed by atoms with Gasteiger partial charge in [0.1, 0.15) is 4.88 Å². The Labute approximate surface area is 193 Å². The van der Waals surface area contributed by atoms with E-state index in [2.05, 4.69) is 32.9 Å². The highest BCUT2D eigenvalue weighted by Crippen LogP contribution is 2.40. The van der Waals surface area contributed by atoms with Crippen molar-refractivity contribution in [2.45, 2.75) is 52.0 Å². The maximum Gasteiger partial charge on any atom is 0.348 e. The normalized spacial score (nSPS) is 14.1. The van der Waals surface area contributed by atoms with Gasteiger partial charge in [-0.3, -0.25) is 4.79 Å². The van der Waals surface area contributed by atoms with E-state index >= 15 is 0 Å². The first-order chi connectivity index (χ1) is 15.2. The van der Waals surface area contributed by atoms with E-state index in [0.29, 0.717) is 12.2 Å². The van der Waals surface area contributed by atoms with Gasteiger partial charge >= 0.3 is 5.97 Å². The minimum absolute atomic E-state index is 0.0226. The Morgan fingerprint density at radius 2 is 1.69 bits per heavy atom. The SMILES string of the molecule is CC(C)(C)c1ccc(CN(C(=O)C2CCC2)c2cc(-c3ccccc3)sc2C(=O)O)cc1. The minimum atomic E-state index is -0.998. The first kappa shape index (κ1) is 22.3. The fourth-order valence-corrected chi connectivity index (χ4v) is 4.94. The molecule has 1 amide bonds. The number of nitrogens with zero attached hydrogens (tertiary/aromatic N) is 1. The van der Waals surface area contributed by atoms with E-state index in [-0.39, 0.29) is 22.1 Å². The highest BCUT2D eigenvalue weighted by atomic mass is 32.1. The van der Waals surface area contributed by atoms with E-state index < -0.39 is 5.97 Å². The summed E-state index contributed by atoms with van der Waals surface area (Å²) in [4.78, 5) is 28.3. The third kappa shape index (κ3) is 4.63. The maximum atomic E-state index is 13.4. The lowest BCUT2D eigenvalue weighted by Crippen LogP contribution is -2.39. The van der Waals surface area contributed by atoms with Gasteiger partial charge in [-0.1, -0.05) is 81.8 Å². The number of rotatable bonds is 6. The smallest absolute Gasteiger partial charge is 0.348 e. The molecule has 5 heteroatoms. The molecule has 0 bridgehead atoms. The van der Waals surface area contributed by atoms with Crippen LogP contribution in [0, 0.1) is 5.92 Å². The molecule has 1 aliphatic rings. The average Bonchev–Trinajstić information content (AvgIpc) is 3.16. The number of hydrogen-bond donors (Lipinski definition) is 1. The molecule has 1 saturated carbocycles. The van der Waals surface area contributed by atoms with Gasteiger partial charge in [-0.25, -0.2) is 4.79 Å². The summed E-state index contributed by atoms with van der Waals surface area (Å²) in [5.41, 5.74) is 3.73. The molecule has 4 nitrogen and oxygen atoms in total. The molecule has 166 valence electrons. The fraction of sp³-hybridized carbons (Fsp3) is 0.333. The molecule has 4 rings (SSSR count). The van der Waals surface area contributed by atoms with Crippen molar-refractivity contribution in [3.8, 4) is 10.4 Å². The van der Waals surface area contributed by atoms with Crippen molar-refractivity contribution in [3.63, 3.8) is 0 Å². The summed E-state index contributed by atoms with van der Waals surface area (Å²) in [6.07, 6.45) is 2.79. The summed E-state index contributed by atoms with van der Waals surface area (Å²) in [5, 5.41) is 9.93. The van der Waals surface area contributed by atoms with Crippen LogP contribution < -0.4 is 4.90 Å². The van der Waals surface area contributed by atoms with Crippen molar-refractivity contribution in [1.82, 2.24) is 0 Å². The third-order valence-corrected chi connectivity index (χ3v) is 7.30. The topological polar surface area (TPSA) is 57.6 Å². The van der Waals surface area contributed by atoms with E-state index in [1.807, 2.05) is 48.5 Å². The number of amides is 1. The Kier molecular flexibility index (Phi) is 6.20. The summed E-state index contributed by atoms with van der Waals surface area (Å²) >= 11 is 1.23. The van der Waals surface area contributed by atoms with Crippen molar-refractivity contribution >= 4 is 28.9 Å². The molecule has 32 heavy (non-hydrogen) atoms. The molecule has 1 N–H and O–H groups in total. The van der Waals surface area contributed by atoms with Gasteiger partial charge in [0.05, 0.1) is 12.2 Å². The monoisotopic (exact) mass is 447 g/mol. The van der Waals surface area contributed by atoms with Crippen LogP contribution in [-0.4, -0.2) is 17.0 Å². The zero-order chi connectivity index (χ0) is 22.9. The van der Waals surface area contributed by atoms with Crippen LogP contribution in [0.3, 0.4) is 0 Å². The summed E-state index contributed by atoms with van der Waals surface area (Å²) in [5.74, 6) is -0.997. The Hall–Kier alpha value is -2.92. The van der Waals surface area contributed by atoms with Crippen molar-refractivity contribution in [1.29, 1.82) is 0 Å². The van der Waals surface area contributed by atoms with Crippen molar-refractivity contribution in [3.05, 3.63) is 76.7 Å². The average molecular weight is 448 g/mol. The first-order valence-corrected chi connectivity index (χ1v) is 11.9. The highest BCUT2D eigenvalue weighted by molar-refractivity contribution is 7.18. The summed E-state index contributed by atoms with van der Waals surface area (Å²) in [6.45, 7) is 6.88. The van der Waals surface area contributed by atoms with Crippen LogP contribution in [-0.2, 0) is 16.8 Å². The number of carbonyl (C=O) groups is 2. The highest BCUT2D eigenvalue weighted by Gasteiger charge is 2.33. The lowest BCUT2D eigenvalue weighted by Gasteiger charge is -2.32. The van der Waals surface area contributed by atoms with Gasteiger partial charge in [0.2, 0.25) is 5.91 Å². The number of hydrogen-bond acceptors (Lipinski definition) is 3. The summed E-state index contributed by atoms with van der Waals surface area (Å²) in [7, 11) is 0. The van der Waals surface area contributed by atoms with Crippen molar-refractivity contribution < 1.29 is 14.7 Å². The Bertz CT molecular complexity index is 1110. The fourth-order valence-electron chi connectivity index (χ4n) is 3.93. The molecule has 1 aliphatic carbocycles. The molecule has 1 fully saturated rings. The largest absolute Gasteiger partial charge is 0.477 e. The van der Waals surface area contributed by atoms with Gasteiger partial charge in [0.25, 0.3) is 0 Å². The van der Waals surface area contributed by atoms with E-state index in [0.717, 1.165) is 35.3 Å². The van der Waals surface area contributed by atoms with Crippen LogP contribution in [0.2, 0.25) is 0 Å². The zero-order valence-corrected chi connectivity index (χ0v) is 19.6. The summed E-state index contributed by atoms with van der Waals surface area (Å²) in [6, 6.07) is 19.9. The number of anilines is 1. The van der Waals surface area contributed by atoms with Crippen molar-refractivity contribution in [2.24, 2.45) is 5.92 Å². The molecule has 0 spiro atoms. The molecular formula is C27H29NO3S. The first-order valence-electron chi connectivity index (χ1n) is 11.1.